The molecule has 1 fully saturated rings. The van der Waals surface area contributed by atoms with Crippen LogP contribution in [0.25, 0.3) is 22.1 Å². The lowest BCUT2D eigenvalue weighted by atomic mass is 9.86. The van der Waals surface area contributed by atoms with Crippen LogP contribution in [0.1, 0.15) is 66.6 Å². The Morgan fingerprint density at radius 2 is 1.93 bits per heavy atom. The first kappa shape index (κ1) is 20.7. The third-order valence-corrected chi connectivity index (χ3v) is 6.22. The standard InChI is InChI=1S/C26H30O4/c1-18-14-20(17-29-13-5-8-19-6-3-2-4-7-19)9-11-23(18)21-10-12-24-22(15-21)16-25(30-24)26(27)28/h9-12,14-16,19H,2-8,13,17H2,1H3,(H,27,28). The smallest absolute Gasteiger partial charge is 0.371 e. The Morgan fingerprint density at radius 3 is 2.70 bits per heavy atom. The number of aryl methyl sites for hydroxylation is 1. The Hall–Kier alpha value is -2.59. The third-order valence-electron chi connectivity index (χ3n) is 6.22. The molecule has 1 N–H and O–H groups in total. The van der Waals surface area contributed by atoms with E-state index in [0.29, 0.717) is 12.2 Å². The van der Waals surface area contributed by atoms with Crippen molar-refractivity contribution in [3.63, 3.8) is 0 Å². The average Bonchev–Trinajstić information content (AvgIpc) is 3.18. The van der Waals surface area contributed by atoms with Gasteiger partial charge in [-0.15, -0.1) is 0 Å². The zero-order valence-corrected chi connectivity index (χ0v) is 17.7. The molecule has 0 amide bonds. The highest BCUT2D eigenvalue weighted by Crippen LogP contribution is 2.30. The number of carboxylic acids is 1. The van der Waals surface area contributed by atoms with E-state index in [4.69, 9.17) is 14.3 Å². The van der Waals surface area contributed by atoms with Crippen molar-refractivity contribution in [3.05, 3.63) is 59.4 Å². The zero-order chi connectivity index (χ0) is 20.9. The lowest BCUT2D eigenvalue weighted by molar-refractivity contribution is 0.0665. The van der Waals surface area contributed by atoms with Crippen LogP contribution >= 0.6 is 0 Å². The molecule has 0 unspecified atom stereocenters. The van der Waals surface area contributed by atoms with E-state index in [0.717, 1.165) is 35.5 Å². The summed E-state index contributed by atoms with van der Waals surface area (Å²) in [6.07, 6.45) is 9.51. The van der Waals surface area contributed by atoms with Gasteiger partial charge in [0.15, 0.2) is 0 Å². The predicted octanol–water partition coefficient (Wildman–Crippen LogP) is 6.98. The summed E-state index contributed by atoms with van der Waals surface area (Å²) in [7, 11) is 0. The van der Waals surface area contributed by atoms with Gasteiger partial charge >= 0.3 is 5.97 Å². The van der Waals surface area contributed by atoms with E-state index in [2.05, 4.69) is 25.1 Å². The van der Waals surface area contributed by atoms with E-state index in [1.807, 2.05) is 18.2 Å². The molecular formula is C26H30O4. The Kier molecular flexibility index (Phi) is 6.53. The molecule has 4 rings (SSSR count). The van der Waals surface area contributed by atoms with Crippen LogP contribution in [-0.2, 0) is 11.3 Å². The first-order chi connectivity index (χ1) is 14.6. The SMILES string of the molecule is Cc1cc(COCCCC2CCCCC2)ccc1-c1ccc2oc(C(=O)O)cc2c1. The Morgan fingerprint density at radius 1 is 1.10 bits per heavy atom. The predicted molar refractivity (Wildman–Crippen MR) is 119 cm³/mol. The maximum absolute atomic E-state index is 11.1. The van der Waals surface area contributed by atoms with Crippen molar-refractivity contribution >= 4 is 16.9 Å². The minimum atomic E-state index is -1.05. The lowest BCUT2D eigenvalue weighted by Crippen LogP contribution is -2.07. The number of benzene rings is 2. The highest BCUT2D eigenvalue weighted by molar-refractivity contribution is 5.93. The van der Waals surface area contributed by atoms with Gasteiger partial charge in [-0.25, -0.2) is 4.79 Å². The van der Waals surface area contributed by atoms with E-state index in [-0.39, 0.29) is 5.76 Å². The number of fused-ring (bicyclic) bond motifs is 1. The summed E-state index contributed by atoms with van der Waals surface area (Å²) in [5.41, 5.74) is 5.15. The van der Waals surface area contributed by atoms with Crippen LogP contribution in [-0.4, -0.2) is 17.7 Å². The second-order valence-electron chi connectivity index (χ2n) is 8.52. The van der Waals surface area contributed by atoms with Crippen molar-refractivity contribution in [1.29, 1.82) is 0 Å². The van der Waals surface area contributed by atoms with Gasteiger partial charge in [0, 0.05) is 12.0 Å². The highest BCUT2D eigenvalue weighted by atomic mass is 16.5. The molecule has 0 radical (unpaired) electrons. The van der Waals surface area contributed by atoms with E-state index >= 15 is 0 Å². The maximum Gasteiger partial charge on any atom is 0.371 e. The third kappa shape index (κ3) is 4.93. The van der Waals surface area contributed by atoms with Crippen LogP contribution in [0.2, 0.25) is 0 Å². The quantitative estimate of drug-likeness (QED) is 0.410. The van der Waals surface area contributed by atoms with Crippen LogP contribution in [0, 0.1) is 12.8 Å². The molecule has 1 heterocycles. The minimum Gasteiger partial charge on any atom is -0.475 e. The van der Waals surface area contributed by atoms with Crippen LogP contribution in [0.4, 0.5) is 0 Å². The van der Waals surface area contributed by atoms with E-state index in [1.54, 1.807) is 6.07 Å². The molecule has 2 aromatic carbocycles. The molecule has 1 aromatic heterocycles. The first-order valence-electron chi connectivity index (χ1n) is 11.0. The molecular weight excluding hydrogens is 376 g/mol. The van der Waals surface area contributed by atoms with E-state index in [9.17, 15) is 4.79 Å². The second-order valence-corrected chi connectivity index (χ2v) is 8.52. The van der Waals surface area contributed by atoms with Crippen LogP contribution in [0.5, 0.6) is 0 Å². The summed E-state index contributed by atoms with van der Waals surface area (Å²) in [5, 5.41) is 9.91. The Labute approximate surface area is 177 Å². The summed E-state index contributed by atoms with van der Waals surface area (Å²) >= 11 is 0. The fourth-order valence-electron chi connectivity index (χ4n) is 4.60. The molecule has 0 saturated heterocycles. The van der Waals surface area contributed by atoms with Crippen LogP contribution in [0.15, 0.2) is 46.9 Å². The van der Waals surface area contributed by atoms with Crippen molar-refractivity contribution in [2.24, 2.45) is 5.92 Å². The van der Waals surface area contributed by atoms with Gasteiger partial charge in [-0.3, -0.25) is 0 Å². The monoisotopic (exact) mass is 406 g/mol. The molecule has 30 heavy (non-hydrogen) atoms. The average molecular weight is 407 g/mol. The van der Waals surface area contributed by atoms with Crippen molar-refractivity contribution < 1.29 is 19.1 Å². The first-order valence-corrected chi connectivity index (χ1v) is 11.0. The fourth-order valence-corrected chi connectivity index (χ4v) is 4.60. The number of hydrogen-bond donors (Lipinski definition) is 1. The fraction of sp³-hybridized carbons (Fsp3) is 0.423. The number of hydrogen-bond acceptors (Lipinski definition) is 3. The van der Waals surface area contributed by atoms with Gasteiger partial charge in [0.05, 0.1) is 6.61 Å². The van der Waals surface area contributed by atoms with Gasteiger partial charge in [-0.05, 0) is 66.1 Å². The normalized spacial score (nSPS) is 15.0. The topological polar surface area (TPSA) is 59.7 Å². The molecule has 0 bridgehead atoms. The van der Waals surface area contributed by atoms with E-state index < -0.39 is 5.97 Å². The Balaban J connectivity index is 1.34. The van der Waals surface area contributed by atoms with Gasteiger partial charge in [-0.2, -0.15) is 0 Å². The summed E-state index contributed by atoms with van der Waals surface area (Å²) < 4.78 is 11.3. The summed E-state index contributed by atoms with van der Waals surface area (Å²) in [4.78, 5) is 11.1. The molecule has 0 spiro atoms. The maximum atomic E-state index is 11.1. The molecule has 0 aliphatic heterocycles. The molecule has 1 saturated carbocycles. The van der Waals surface area contributed by atoms with Gasteiger partial charge in [0.1, 0.15) is 5.58 Å². The van der Waals surface area contributed by atoms with Gasteiger partial charge in [-0.1, -0.05) is 56.4 Å². The van der Waals surface area contributed by atoms with Gasteiger partial charge in [0.25, 0.3) is 0 Å². The summed E-state index contributed by atoms with van der Waals surface area (Å²) in [6.45, 7) is 3.58. The number of carbonyl (C=O) groups is 1. The number of rotatable bonds is 8. The molecule has 158 valence electrons. The van der Waals surface area contributed by atoms with Crippen LogP contribution in [0.3, 0.4) is 0 Å². The van der Waals surface area contributed by atoms with Crippen molar-refractivity contribution in [3.8, 4) is 11.1 Å². The molecule has 1 aliphatic rings. The lowest BCUT2D eigenvalue weighted by Gasteiger charge is -2.21. The van der Waals surface area contributed by atoms with E-state index in [1.165, 1.54) is 49.7 Å². The van der Waals surface area contributed by atoms with Crippen LogP contribution < -0.4 is 0 Å². The number of aromatic carboxylic acids is 1. The number of furan rings is 1. The van der Waals surface area contributed by atoms with Gasteiger partial charge < -0.3 is 14.3 Å². The molecule has 1 aliphatic carbocycles. The number of ether oxygens (including phenoxy) is 1. The molecule has 3 aromatic rings. The number of carboxylic acid groups (broad SMARTS) is 1. The van der Waals surface area contributed by atoms with Gasteiger partial charge in [0.2, 0.25) is 5.76 Å². The summed E-state index contributed by atoms with van der Waals surface area (Å²) in [6, 6.07) is 13.8. The van der Waals surface area contributed by atoms with Crippen molar-refractivity contribution in [2.45, 2.75) is 58.5 Å². The zero-order valence-electron chi connectivity index (χ0n) is 17.7. The van der Waals surface area contributed by atoms with Crippen molar-refractivity contribution in [1.82, 2.24) is 0 Å². The molecule has 0 atom stereocenters. The molecule has 4 nitrogen and oxygen atoms in total. The minimum absolute atomic E-state index is 0.0325. The highest BCUT2D eigenvalue weighted by Gasteiger charge is 2.13. The second kappa shape index (κ2) is 9.48. The molecule has 4 heteroatoms. The largest absolute Gasteiger partial charge is 0.475 e. The van der Waals surface area contributed by atoms with Crippen molar-refractivity contribution in [2.75, 3.05) is 6.61 Å². The summed E-state index contributed by atoms with van der Waals surface area (Å²) in [5.74, 6) is -0.162. The Bertz CT molecular complexity index is 1010.